The molecule has 3 aliphatic rings. The van der Waals surface area contributed by atoms with Crippen LogP contribution >= 0.6 is 0 Å². The van der Waals surface area contributed by atoms with Gasteiger partial charge in [0, 0.05) is 48.1 Å². The Morgan fingerprint density at radius 1 is 1.13 bits per heavy atom. The fourth-order valence-corrected chi connectivity index (χ4v) is 4.52. The molecule has 1 aromatic heterocycles. The minimum absolute atomic E-state index is 0.542. The fraction of sp³-hybridized carbons (Fsp3) is 0.583. The third-order valence-corrected chi connectivity index (χ3v) is 6.39. The summed E-state index contributed by atoms with van der Waals surface area (Å²) in [4.78, 5) is 11.8. The number of anilines is 3. The van der Waals surface area contributed by atoms with Gasteiger partial charge in [0.25, 0.3) is 0 Å². The molecule has 2 aliphatic heterocycles. The monoisotopic (exact) mass is 423 g/mol. The van der Waals surface area contributed by atoms with Crippen molar-refractivity contribution in [1.82, 2.24) is 14.9 Å². The average molecular weight is 424 g/mol. The van der Waals surface area contributed by atoms with E-state index in [4.69, 9.17) is 9.47 Å². The number of fused-ring (bicyclic) bond motifs is 1. The predicted molar refractivity (Wildman–Crippen MR) is 123 cm³/mol. The second kappa shape index (κ2) is 9.30. The molecular weight excluding hydrogens is 390 g/mol. The quantitative estimate of drug-likeness (QED) is 0.583. The minimum Gasteiger partial charge on any atom is -0.490 e. The van der Waals surface area contributed by atoms with E-state index in [1.165, 1.54) is 50.8 Å². The molecule has 1 aliphatic carbocycles. The molecule has 2 N–H and O–H groups in total. The van der Waals surface area contributed by atoms with Crippen molar-refractivity contribution in [2.75, 3.05) is 43.5 Å². The lowest BCUT2D eigenvalue weighted by molar-refractivity contribution is 0.251. The largest absolute Gasteiger partial charge is 0.490 e. The molecule has 1 saturated heterocycles. The van der Waals surface area contributed by atoms with Crippen molar-refractivity contribution >= 4 is 17.5 Å². The van der Waals surface area contributed by atoms with Crippen LogP contribution in [0.4, 0.5) is 17.5 Å². The molecule has 31 heavy (non-hydrogen) atoms. The SMILES string of the molecule is Cc1cc(NC2CCC2)nc(Nc2cc3c(c(OCCCN4CCCC4)c2)OCC3)n1. The number of aryl methyl sites for hydroxylation is 1. The third-order valence-electron chi connectivity index (χ3n) is 6.39. The highest BCUT2D eigenvalue weighted by molar-refractivity contribution is 5.64. The maximum atomic E-state index is 6.16. The minimum atomic E-state index is 0.542. The average Bonchev–Trinajstić information content (AvgIpc) is 3.39. The van der Waals surface area contributed by atoms with E-state index in [0.717, 1.165) is 48.1 Å². The molecule has 0 spiro atoms. The van der Waals surface area contributed by atoms with E-state index in [9.17, 15) is 0 Å². The molecule has 7 nitrogen and oxygen atoms in total. The first-order chi connectivity index (χ1) is 15.2. The van der Waals surface area contributed by atoms with Crippen molar-refractivity contribution < 1.29 is 9.47 Å². The van der Waals surface area contributed by atoms with Gasteiger partial charge in [0.15, 0.2) is 11.5 Å². The smallest absolute Gasteiger partial charge is 0.229 e. The van der Waals surface area contributed by atoms with Crippen molar-refractivity contribution in [3.63, 3.8) is 0 Å². The number of hydrogen-bond donors (Lipinski definition) is 2. The van der Waals surface area contributed by atoms with Crippen LogP contribution in [0.1, 0.15) is 49.8 Å². The Bertz CT molecular complexity index is 909. The van der Waals surface area contributed by atoms with Gasteiger partial charge in [0.1, 0.15) is 5.82 Å². The van der Waals surface area contributed by atoms with E-state index in [-0.39, 0.29) is 0 Å². The summed E-state index contributed by atoms with van der Waals surface area (Å²) in [7, 11) is 0. The summed E-state index contributed by atoms with van der Waals surface area (Å²) in [5.74, 6) is 3.21. The highest BCUT2D eigenvalue weighted by Crippen LogP contribution is 2.39. The van der Waals surface area contributed by atoms with Crippen LogP contribution in [0.2, 0.25) is 0 Å². The molecule has 0 atom stereocenters. The lowest BCUT2D eigenvalue weighted by Crippen LogP contribution is -2.27. The molecule has 1 aromatic carbocycles. The summed E-state index contributed by atoms with van der Waals surface area (Å²) < 4.78 is 12.0. The van der Waals surface area contributed by atoms with E-state index >= 15 is 0 Å². The van der Waals surface area contributed by atoms with Gasteiger partial charge >= 0.3 is 0 Å². The Hall–Kier alpha value is -2.54. The van der Waals surface area contributed by atoms with E-state index < -0.39 is 0 Å². The van der Waals surface area contributed by atoms with Gasteiger partial charge < -0.3 is 25.0 Å². The van der Waals surface area contributed by atoms with Gasteiger partial charge in [0.05, 0.1) is 13.2 Å². The number of likely N-dealkylation sites (tertiary alicyclic amines) is 1. The summed E-state index contributed by atoms with van der Waals surface area (Å²) in [5.41, 5.74) is 3.07. The molecule has 0 amide bonds. The number of rotatable bonds is 9. The van der Waals surface area contributed by atoms with Crippen molar-refractivity contribution in [1.29, 1.82) is 0 Å². The number of nitrogens with zero attached hydrogens (tertiary/aromatic N) is 3. The molecule has 1 saturated carbocycles. The predicted octanol–water partition coefficient (Wildman–Crippen LogP) is 4.29. The Labute approximate surface area is 184 Å². The molecule has 166 valence electrons. The fourth-order valence-electron chi connectivity index (χ4n) is 4.52. The molecule has 0 bridgehead atoms. The van der Waals surface area contributed by atoms with Crippen LogP contribution in [-0.4, -0.2) is 53.8 Å². The van der Waals surface area contributed by atoms with Crippen molar-refractivity contribution in [3.8, 4) is 11.5 Å². The van der Waals surface area contributed by atoms with Gasteiger partial charge in [0.2, 0.25) is 5.95 Å². The van der Waals surface area contributed by atoms with E-state index in [1.54, 1.807) is 0 Å². The Morgan fingerprint density at radius 3 is 2.81 bits per heavy atom. The molecule has 0 radical (unpaired) electrons. The van der Waals surface area contributed by atoms with Gasteiger partial charge in [-0.3, -0.25) is 0 Å². The lowest BCUT2D eigenvalue weighted by Gasteiger charge is -2.27. The van der Waals surface area contributed by atoms with E-state index in [1.807, 2.05) is 19.1 Å². The zero-order chi connectivity index (χ0) is 21.0. The second-order valence-electron chi connectivity index (χ2n) is 8.93. The van der Waals surface area contributed by atoms with Crippen LogP contribution in [0.3, 0.4) is 0 Å². The van der Waals surface area contributed by atoms with Crippen LogP contribution in [0.5, 0.6) is 11.5 Å². The van der Waals surface area contributed by atoms with Crippen molar-refractivity contribution in [2.45, 2.75) is 57.9 Å². The van der Waals surface area contributed by atoms with Crippen LogP contribution in [0.15, 0.2) is 18.2 Å². The Balaban J connectivity index is 1.26. The van der Waals surface area contributed by atoms with Gasteiger partial charge in [-0.05, 0) is 64.6 Å². The first-order valence-electron chi connectivity index (χ1n) is 11.8. The Morgan fingerprint density at radius 2 is 2.00 bits per heavy atom. The van der Waals surface area contributed by atoms with Gasteiger partial charge in [-0.25, -0.2) is 4.98 Å². The summed E-state index contributed by atoms with van der Waals surface area (Å²) in [6, 6.07) is 6.70. The Kier molecular flexibility index (Phi) is 6.11. The van der Waals surface area contributed by atoms with Crippen LogP contribution < -0.4 is 20.1 Å². The maximum absolute atomic E-state index is 6.16. The van der Waals surface area contributed by atoms with E-state index in [2.05, 4.69) is 31.6 Å². The second-order valence-corrected chi connectivity index (χ2v) is 8.93. The zero-order valence-corrected chi connectivity index (χ0v) is 18.5. The third kappa shape index (κ3) is 5.03. The summed E-state index contributed by atoms with van der Waals surface area (Å²) in [6.45, 7) is 6.97. The van der Waals surface area contributed by atoms with Gasteiger partial charge in [-0.2, -0.15) is 4.98 Å². The molecule has 3 heterocycles. The standard InChI is InChI=1S/C24H33N5O2/c1-17-14-22(26-19-6-4-7-19)28-24(25-17)27-20-15-18-8-13-31-23(18)21(16-20)30-12-5-11-29-9-2-3-10-29/h14-16,19H,2-13H2,1H3,(H2,25,26,27,28). The number of ether oxygens (including phenoxy) is 2. The van der Waals surface area contributed by atoms with Crippen LogP contribution in [-0.2, 0) is 6.42 Å². The molecule has 2 aromatic rings. The first-order valence-corrected chi connectivity index (χ1v) is 11.8. The summed E-state index contributed by atoms with van der Waals surface area (Å²) in [6.07, 6.45) is 8.32. The first kappa shape index (κ1) is 20.4. The van der Waals surface area contributed by atoms with Crippen LogP contribution in [0.25, 0.3) is 0 Å². The molecule has 5 rings (SSSR count). The normalized spacial score (nSPS) is 18.4. The highest BCUT2D eigenvalue weighted by Gasteiger charge is 2.21. The van der Waals surface area contributed by atoms with Crippen molar-refractivity contribution in [3.05, 3.63) is 29.5 Å². The number of nitrogens with one attached hydrogen (secondary N) is 2. The number of benzene rings is 1. The molecule has 7 heteroatoms. The number of aromatic nitrogens is 2. The van der Waals surface area contributed by atoms with E-state index in [0.29, 0.717) is 25.2 Å². The molecule has 2 fully saturated rings. The van der Waals surface area contributed by atoms with Crippen LogP contribution in [0, 0.1) is 6.92 Å². The molecular formula is C24H33N5O2. The lowest BCUT2D eigenvalue weighted by atomic mass is 9.93. The zero-order valence-electron chi connectivity index (χ0n) is 18.5. The number of hydrogen-bond acceptors (Lipinski definition) is 7. The summed E-state index contributed by atoms with van der Waals surface area (Å²) in [5, 5.41) is 6.91. The molecule has 0 unspecified atom stereocenters. The van der Waals surface area contributed by atoms with Crippen molar-refractivity contribution in [2.24, 2.45) is 0 Å². The highest BCUT2D eigenvalue weighted by atomic mass is 16.5. The van der Waals surface area contributed by atoms with Gasteiger partial charge in [-0.15, -0.1) is 0 Å². The topological polar surface area (TPSA) is 71.5 Å². The summed E-state index contributed by atoms with van der Waals surface area (Å²) >= 11 is 0. The van der Waals surface area contributed by atoms with Gasteiger partial charge in [-0.1, -0.05) is 0 Å². The maximum Gasteiger partial charge on any atom is 0.229 e.